The Morgan fingerprint density at radius 1 is 1.12 bits per heavy atom. The first-order valence-corrected chi connectivity index (χ1v) is 13.7. The van der Waals surface area contributed by atoms with Crippen LogP contribution in [0.3, 0.4) is 0 Å². The molecule has 0 radical (unpaired) electrons. The van der Waals surface area contributed by atoms with Crippen molar-refractivity contribution in [3.05, 3.63) is 75.8 Å². The fraction of sp³-hybridized carbons (Fsp3) is 0.387. The summed E-state index contributed by atoms with van der Waals surface area (Å²) < 4.78 is 5.05. The van der Waals surface area contributed by atoms with Gasteiger partial charge < -0.3 is 36.2 Å². The van der Waals surface area contributed by atoms with E-state index in [9.17, 15) is 34.8 Å². The van der Waals surface area contributed by atoms with Crippen LogP contribution in [-0.2, 0) is 27.3 Å². The number of likely N-dealkylation sites (N-methyl/N-ethyl adjacent to an activating group) is 1. The predicted molar refractivity (Wildman–Crippen MR) is 153 cm³/mol. The van der Waals surface area contributed by atoms with Crippen LogP contribution in [0.4, 0.5) is 0 Å². The summed E-state index contributed by atoms with van der Waals surface area (Å²) in [5, 5.41) is 48.2. The number of hydrogen-bond donors (Lipinski definition) is 6. The van der Waals surface area contributed by atoms with E-state index in [1.165, 1.54) is 11.0 Å². The van der Waals surface area contributed by atoms with Gasteiger partial charge in [-0.15, -0.1) is 0 Å². The molecule has 2 aromatic carbocycles. The molecule has 7 N–H and O–H groups in total. The Morgan fingerprint density at radius 2 is 1.81 bits per heavy atom. The number of amides is 1. The largest absolute Gasteiger partial charge is 0.510 e. The lowest BCUT2D eigenvalue weighted by Crippen LogP contribution is -2.63. The standard InChI is InChI=1S/C31H35N3O8/c1-34(2)25-20-13-17-12-19-18(16-6-4-15(5-7-16)14-33-10-11-42-3)8-9-21(35)23(19)26(36)22(17)28(38)31(20,41)29(39)24(27(25)37)30(32)40/h4-9,17,20,25,33,35,37-38,41H,10-14H2,1-3H3,(H2,32,40)/t17-,20-,25-,31-/m0/s1. The number of rotatable bonds is 8. The monoisotopic (exact) mass is 577 g/mol. The number of aliphatic hydroxyl groups is 3. The van der Waals surface area contributed by atoms with E-state index in [-0.39, 0.29) is 29.7 Å². The van der Waals surface area contributed by atoms with Crippen molar-refractivity contribution in [3.8, 4) is 16.9 Å². The number of primary amides is 1. The molecule has 42 heavy (non-hydrogen) atoms. The zero-order valence-electron chi connectivity index (χ0n) is 23.7. The number of nitrogens with zero attached hydrogens (tertiary/aromatic N) is 1. The average molecular weight is 578 g/mol. The number of Topliss-reactive ketones (excluding diaryl/α,β-unsaturated/α-hetero) is 2. The van der Waals surface area contributed by atoms with E-state index in [0.717, 1.165) is 16.7 Å². The number of ether oxygens (including phenoxy) is 1. The maximum Gasteiger partial charge on any atom is 0.255 e. The molecular formula is C31H35N3O8. The van der Waals surface area contributed by atoms with Gasteiger partial charge in [-0.1, -0.05) is 30.3 Å². The van der Waals surface area contributed by atoms with E-state index in [2.05, 4.69) is 5.32 Å². The number of fused-ring (bicyclic) bond motifs is 3. The predicted octanol–water partition coefficient (Wildman–Crippen LogP) is 1.52. The number of allylic oxidation sites excluding steroid dienone is 1. The lowest BCUT2D eigenvalue weighted by molar-refractivity contribution is -0.148. The number of hydrogen-bond acceptors (Lipinski definition) is 10. The second-order valence-corrected chi connectivity index (χ2v) is 11.3. The molecule has 0 saturated carbocycles. The zero-order valence-corrected chi connectivity index (χ0v) is 23.7. The van der Waals surface area contributed by atoms with E-state index in [4.69, 9.17) is 10.5 Å². The minimum atomic E-state index is -2.66. The number of aromatic hydroxyl groups is 1. The molecule has 11 heteroatoms. The van der Waals surface area contributed by atoms with Crippen molar-refractivity contribution < 1.29 is 39.5 Å². The van der Waals surface area contributed by atoms with Crippen LogP contribution < -0.4 is 11.1 Å². The van der Waals surface area contributed by atoms with E-state index in [0.29, 0.717) is 25.3 Å². The SMILES string of the molecule is COCCNCc1ccc(-c2ccc(O)c3c2C[C@H]2C[C@H]4[C@H](N(C)C)C(O)=C(C(N)=O)C(=O)[C@@]4(O)C(O)=C2C3=O)cc1. The van der Waals surface area contributed by atoms with Crippen LogP contribution >= 0.6 is 0 Å². The topological polar surface area (TPSA) is 183 Å². The summed E-state index contributed by atoms with van der Waals surface area (Å²) in [5.41, 5.74) is 4.90. The Balaban J connectivity index is 1.58. The maximum atomic E-state index is 13.9. The van der Waals surface area contributed by atoms with Crippen molar-refractivity contribution in [2.24, 2.45) is 17.6 Å². The van der Waals surface area contributed by atoms with E-state index >= 15 is 0 Å². The van der Waals surface area contributed by atoms with E-state index in [1.54, 1.807) is 27.3 Å². The number of phenolic OH excluding ortho intramolecular Hbond substituents is 1. The van der Waals surface area contributed by atoms with Crippen LogP contribution in [-0.4, -0.2) is 88.8 Å². The summed E-state index contributed by atoms with van der Waals surface area (Å²) in [7, 11) is 4.84. The van der Waals surface area contributed by atoms with Gasteiger partial charge in [0.1, 0.15) is 22.8 Å². The number of methoxy groups -OCH3 is 1. The van der Waals surface area contributed by atoms with Crippen LogP contribution in [0.5, 0.6) is 5.75 Å². The van der Waals surface area contributed by atoms with Crippen molar-refractivity contribution in [1.82, 2.24) is 10.2 Å². The van der Waals surface area contributed by atoms with Crippen molar-refractivity contribution >= 4 is 17.5 Å². The first kappa shape index (κ1) is 29.5. The Kier molecular flexibility index (Phi) is 7.71. The van der Waals surface area contributed by atoms with Gasteiger partial charge in [-0.25, -0.2) is 0 Å². The molecule has 0 aliphatic heterocycles. The van der Waals surface area contributed by atoms with E-state index < -0.39 is 58.0 Å². The highest BCUT2D eigenvalue weighted by Crippen LogP contribution is 2.53. The summed E-state index contributed by atoms with van der Waals surface area (Å²) in [4.78, 5) is 41.0. The van der Waals surface area contributed by atoms with Crippen LogP contribution in [0.2, 0.25) is 0 Å². The molecule has 0 spiro atoms. The highest BCUT2D eigenvalue weighted by Gasteiger charge is 2.63. The zero-order chi connectivity index (χ0) is 30.5. The number of ketones is 2. The number of nitrogens with one attached hydrogen (secondary N) is 1. The average Bonchev–Trinajstić information content (AvgIpc) is 2.93. The second-order valence-electron chi connectivity index (χ2n) is 11.3. The molecule has 222 valence electrons. The maximum absolute atomic E-state index is 13.9. The number of nitrogens with two attached hydrogens (primary N) is 1. The fourth-order valence-electron chi connectivity index (χ4n) is 6.73. The normalized spacial score (nSPS) is 25.4. The van der Waals surface area contributed by atoms with Crippen molar-refractivity contribution in [3.63, 3.8) is 0 Å². The van der Waals surface area contributed by atoms with Crippen molar-refractivity contribution in [2.75, 3.05) is 34.4 Å². The van der Waals surface area contributed by atoms with E-state index in [1.807, 2.05) is 24.3 Å². The molecule has 3 aliphatic rings. The van der Waals surface area contributed by atoms with Crippen LogP contribution in [0.15, 0.2) is 59.1 Å². The van der Waals surface area contributed by atoms with Gasteiger partial charge in [0, 0.05) is 31.7 Å². The third-order valence-corrected chi connectivity index (χ3v) is 8.68. The lowest BCUT2D eigenvalue weighted by Gasteiger charge is -2.50. The quantitative estimate of drug-likeness (QED) is 0.199. The first-order chi connectivity index (χ1) is 19.9. The number of phenols is 1. The molecule has 0 fully saturated rings. The molecule has 0 unspecified atom stereocenters. The Hall–Kier alpha value is -4.03. The summed E-state index contributed by atoms with van der Waals surface area (Å²) in [6.45, 7) is 1.96. The first-order valence-electron chi connectivity index (χ1n) is 13.7. The van der Waals surface area contributed by atoms with Crippen molar-refractivity contribution in [2.45, 2.75) is 31.0 Å². The molecule has 0 saturated heterocycles. The second kappa shape index (κ2) is 11.0. The number of benzene rings is 2. The molecule has 0 aromatic heterocycles. The van der Waals surface area contributed by atoms with Gasteiger partial charge in [0.2, 0.25) is 5.78 Å². The molecule has 3 aliphatic carbocycles. The van der Waals surface area contributed by atoms with Gasteiger partial charge in [0.25, 0.3) is 5.91 Å². The third-order valence-electron chi connectivity index (χ3n) is 8.68. The van der Waals surface area contributed by atoms with Crippen LogP contribution in [0.25, 0.3) is 11.1 Å². The summed E-state index contributed by atoms with van der Waals surface area (Å²) in [6, 6.07) is 9.91. The number of aliphatic hydroxyl groups excluding tert-OH is 2. The van der Waals surface area contributed by atoms with Gasteiger partial charge in [0.05, 0.1) is 18.2 Å². The molecule has 1 amide bonds. The fourth-order valence-corrected chi connectivity index (χ4v) is 6.73. The number of carbonyl (C=O) groups is 3. The van der Waals surface area contributed by atoms with Gasteiger partial charge in [0.15, 0.2) is 11.4 Å². The smallest absolute Gasteiger partial charge is 0.255 e. The lowest BCUT2D eigenvalue weighted by atomic mass is 9.58. The molecule has 4 atom stereocenters. The van der Waals surface area contributed by atoms with Crippen LogP contribution in [0, 0.1) is 11.8 Å². The Labute approximate surface area is 242 Å². The molecule has 0 heterocycles. The molecule has 2 aromatic rings. The summed E-state index contributed by atoms with van der Waals surface area (Å²) in [6.07, 6.45) is 0.255. The van der Waals surface area contributed by atoms with Crippen molar-refractivity contribution in [1.29, 1.82) is 0 Å². The Morgan fingerprint density at radius 3 is 2.43 bits per heavy atom. The highest BCUT2D eigenvalue weighted by atomic mass is 16.5. The summed E-state index contributed by atoms with van der Waals surface area (Å²) >= 11 is 0. The Bertz CT molecular complexity index is 1530. The van der Waals surface area contributed by atoms with Gasteiger partial charge in [-0.2, -0.15) is 0 Å². The summed E-state index contributed by atoms with van der Waals surface area (Å²) in [5.74, 6) is -6.70. The minimum Gasteiger partial charge on any atom is -0.510 e. The van der Waals surface area contributed by atoms with Gasteiger partial charge >= 0.3 is 0 Å². The van der Waals surface area contributed by atoms with Gasteiger partial charge in [-0.05, 0) is 61.2 Å². The third kappa shape index (κ3) is 4.49. The minimum absolute atomic E-state index is 0.0152. The molecular weight excluding hydrogens is 542 g/mol. The number of carbonyl (C=O) groups excluding carboxylic acids is 3. The molecule has 0 bridgehead atoms. The highest BCUT2D eigenvalue weighted by molar-refractivity contribution is 6.24. The van der Waals surface area contributed by atoms with Gasteiger partial charge in [-0.3, -0.25) is 19.3 Å². The molecule has 5 rings (SSSR count). The molecule has 11 nitrogen and oxygen atoms in total. The van der Waals surface area contributed by atoms with Crippen LogP contribution in [0.1, 0.15) is 27.9 Å².